The molecule has 0 saturated carbocycles. The Hall–Kier alpha value is -1.10. The number of nitrogens with two attached hydrogens (primary N) is 1. The number of nitrogen functional groups attached to an aromatic ring is 1. The van der Waals surface area contributed by atoms with Gasteiger partial charge >= 0.3 is 0 Å². The molecule has 88 valence electrons. The topological polar surface area (TPSA) is 50.9 Å². The van der Waals surface area contributed by atoms with E-state index in [0.29, 0.717) is 10.7 Å². The first kappa shape index (κ1) is 12.4. The standard InChI is InChI=1S/C11H8ClN3S.ClH/c12-6-1-2-8-10-7(3-4-16-15-10)9(13)11(8)14-5-6;/h1-5,15H,13H2;1H. The Morgan fingerprint density at radius 3 is 3.00 bits per heavy atom. The van der Waals surface area contributed by atoms with Crippen LogP contribution in [0.4, 0.5) is 11.4 Å². The number of rotatable bonds is 0. The fraction of sp³-hybridized carbons (Fsp3) is 0. The van der Waals surface area contributed by atoms with E-state index in [4.69, 9.17) is 17.3 Å². The highest BCUT2D eigenvalue weighted by Gasteiger charge is 2.22. The molecule has 3 nitrogen and oxygen atoms in total. The SMILES string of the molecule is Cl.Nc1c2ncc(Cl)ccc-2c2c1C=CSN2. The molecular weight excluding hydrogens is 277 g/mol. The van der Waals surface area contributed by atoms with Gasteiger partial charge in [0.2, 0.25) is 0 Å². The highest BCUT2D eigenvalue weighted by molar-refractivity contribution is 8.03. The summed E-state index contributed by atoms with van der Waals surface area (Å²) in [4.78, 5) is 4.31. The molecule has 0 fully saturated rings. The Labute approximate surface area is 114 Å². The van der Waals surface area contributed by atoms with Crippen LogP contribution in [0.25, 0.3) is 17.3 Å². The third-order valence-corrected chi connectivity index (χ3v) is 3.35. The first-order valence-electron chi connectivity index (χ1n) is 4.72. The van der Waals surface area contributed by atoms with Crippen molar-refractivity contribution < 1.29 is 0 Å². The van der Waals surface area contributed by atoms with E-state index in [1.807, 2.05) is 23.6 Å². The second-order valence-electron chi connectivity index (χ2n) is 3.46. The normalized spacial score (nSPS) is 12.8. The molecule has 3 aliphatic rings. The van der Waals surface area contributed by atoms with Gasteiger partial charge in [-0.1, -0.05) is 11.6 Å². The van der Waals surface area contributed by atoms with Gasteiger partial charge in [-0.25, -0.2) is 0 Å². The molecule has 0 aromatic heterocycles. The molecule has 3 rings (SSSR count). The predicted molar refractivity (Wildman–Crippen MR) is 77.8 cm³/mol. The van der Waals surface area contributed by atoms with Gasteiger partial charge in [-0.3, -0.25) is 4.98 Å². The van der Waals surface area contributed by atoms with Crippen LogP contribution in [0.15, 0.2) is 23.7 Å². The number of nitrogens with zero attached hydrogens (tertiary/aromatic N) is 1. The fourth-order valence-corrected chi connectivity index (χ4v) is 2.50. The summed E-state index contributed by atoms with van der Waals surface area (Å²) < 4.78 is 3.23. The quantitative estimate of drug-likeness (QED) is 0.721. The van der Waals surface area contributed by atoms with Crippen molar-refractivity contribution in [1.82, 2.24) is 4.98 Å². The molecule has 0 spiro atoms. The van der Waals surface area contributed by atoms with Gasteiger partial charge < -0.3 is 10.5 Å². The van der Waals surface area contributed by atoms with E-state index in [0.717, 1.165) is 22.5 Å². The Morgan fingerprint density at radius 2 is 2.18 bits per heavy atom. The van der Waals surface area contributed by atoms with Crippen LogP contribution in [0.1, 0.15) is 5.56 Å². The summed E-state index contributed by atoms with van der Waals surface area (Å²) in [6, 6.07) is 3.76. The monoisotopic (exact) mass is 285 g/mol. The summed E-state index contributed by atoms with van der Waals surface area (Å²) in [5.41, 5.74) is 10.6. The molecular formula is C11H9Cl2N3S. The van der Waals surface area contributed by atoms with Crippen molar-refractivity contribution in [3.05, 3.63) is 34.3 Å². The number of halogens is 2. The number of hydrogen-bond acceptors (Lipinski definition) is 4. The van der Waals surface area contributed by atoms with Crippen LogP contribution in [0.5, 0.6) is 0 Å². The van der Waals surface area contributed by atoms with Gasteiger partial charge in [-0.15, -0.1) is 12.4 Å². The smallest absolute Gasteiger partial charge is 0.0960 e. The molecule has 0 radical (unpaired) electrons. The summed E-state index contributed by atoms with van der Waals surface area (Å²) >= 11 is 7.42. The minimum Gasteiger partial charge on any atom is -0.396 e. The third-order valence-electron chi connectivity index (χ3n) is 2.53. The molecule has 2 heterocycles. The molecule has 2 aliphatic heterocycles. The van der Waals surface area contributed by atoms with Crippen molar-refractivity contribution in [2.45, 2.75) is 0 Å². The van der Waals surface area contributed by atoms with Crippen molar-refractivity contribution >= 4 is 53.4 Å². The second kappa shape index (κ2) is 4.64. The number of fused-ring (bicyclic) bond motifs is 3. The maximum atomic E-state index is 6.06. The molecule has 3 N–H and O–H groups in total. The minimum atomic E-state index is 0. The molecule has 0 saturated heterocycles. The fourth-order valence-electron chi connectivity index (χ4n) is 1.78. The van der Waals surface area contributed by atoms with E-state index in [2.05, 4.69) is 9.71 Å². The molecule has 0 bridgehead atoms. The van der Waals surface area contributed by atoms with Gasteiger partial charge in [0.1, 0.15) is 0 Å². The van der Waals surface area contributed by atoms with Gasteiger partial charge in [0.05, 0.1) is 22.1 Å². The molecule has 1 aliphatic carbocycles. The first-order chi connectivity index (χ1) is 7.77. The number of aromatic nitrogens is 1. The number of hydrogen-bond donors (Lipinski definition) is 2. The van der Waals surface area contributed by atoms with Crippen molar-refractivity contribution in [2.75, 3.05) is 10.5 Å². The maximum absolute atomic E-state index is 6.06. The van der Waals surface area contributed by atoms with Crippen molar-refractivity contribution in [3.8, 4) is 11.3 Å². The highest BCUT2D eigenvalue weighted by atomic mass is 35.5. The largest absolute Gasteiger partial charge is 0.396 e. The van der Waals surface area contributed by atoms with Gasteiger partial charge in [-0.2, -0.15) is 0 Å². The molecule has 0 aromatic carbocycles. The minimum absolute atomic E-state index is 0. The van der Waals surface area contributed by atoms with E-state index in [1.54, 1.807) is 6.20 Å². The molecule has 6 heteroatoms. The maximum Gasteiger partial charge on any atom is 0.0960 e. The second-order valence-corrected chi connectivity index (χ2v) is 4.61. The van der Waals surface area contributed by atoms with Gasteiger partial charge in [0, 0.05) is 17.3 Å². The van der Waals surface area contributed by atoms with Gasteiger partial charge in [0.15, 0.2) is 0 Å². The van der Waals surface area contributed by atoms with E-state index in [-0.39, 0.29) is 12.4 Å². The summed E-state index contributed by atoms with van der Waals surface area (Å²) in [6.07, 6.45) is 3.61. The lowest BCUT2D eigenvalue weighted by atomic mass is 10.2. The third kappa shape index (κ3) is 1.92. The van der Waals surface area contributed by atoms with Crippen LogP contribution in [0.2, 0.25) is 5.02 Å². The zero-order valence-electron chi connectivity index (χ0n) is 8.61. The van der Waals surface area contributed by atoms with Crippen molar-refractivity contribution in [3.63, 3.8) is 0 Å². The summed E-state index contributed by atoms with van der Waals surface area (Å²) in [6.45, 7) is 0. The molecule has 0 atom stereocenters. The van der Waals surface area contributed by atoms with Gasteiger partial charge in [0.25, 0.3) is 0 Å². The summed E-state index contributed by atoms with van der Waals surface area (Å²) in [5.74, 6) is 0. The van der Waals surface area contributed by atoms with E-state index < -0.39 is 0 Å². The Morgan fingerprint density at radius 1 is 1.35 bits per heavy atom. The predicted octanol–water partition coefficient (Wildman–Crippen LogP) is 3.89. The van der Waals surface area contributed by atoms with Crippen LogP contribution >= 0.6 is 36.0 Å². The van der Waals surface area contributed by atoms with Crippen LogP contribution in [-0.2, 0) is 0 Å². The molecule has 17 heavy (non-hydrogen) atoms. The van der Waals surface area contributed by atoms with Crippen molar-refractivity contribution in [1.29, 1.82) is 0 Å². The van der Waals surface area contributed by atoms with Crippen LogP contribution in [-0.4, -0.2) is 4.98 Å². The van der Waals surface area contributed by atoms with Crippen LogP contribution < -0.4 is 10.5 Å². The molecule has 0 unspecified atom stereocenters. The summed E-state index contributed by atoms with van der Waals surface area (Å²) in [5, 5.41) is 2.56. The van der Waals surface area contributed by atoms with E-state index in [1.165, 1.54) is 11.9 Å². The van der Waals surface area contributed by atoms with Gasteiger partial charge in [-0.05, 0) is 35.6 Å². The first-order valence-corrected chi connectivity index (χ1v) is 5.98. The zero-order valence-corrected chi connectivity index (χ0v) is 11.0. The number of anilines is 2. The molecule has 0 aromatic rings. The Kier molecular flexibility index (Phi) is 3.38. The molecule has 0 amide bonds. The average Bonchev–Trinajstić information content (AvgIpc) is 2.46. The van der Waals surface area contributed by atoms with Crippen molar-refractivity contribution in [2.24, 2.45) is 0 Å². The van der Waals surface area contributed by atoms with Crippen LogP contribution in [0.3, 0.4) is 0 Å². The lowest BCUT2D eigenvalue weighted by Gasteiger charge is -2.08. The summed E-state index contributed by atoms with van der Waals surface area (Å²) in [7, 11) is 0. The van der Waals surface area contributed by atoms with E-state index >= 15 is 0 Å². The highest BCUT2D eigenvalue weighted by Crippen LogP contribution is 2.45. The number of nitrogens with one attached hydrogen (secondary N) is 1. The van der Waals surface area contributed by atoms with Crippen LogP contribution in [0, 0.1) is 0 Å². The zero-order chi connectivity index (χ0) is 11.1. The Balaban J connectivity index is 0.00000108. The lowest BCUT2D eigenvalue weighted by molar-refractivity contribution is 1.38. The van der Waals surface area contributed by atoms with E-state index in [9.17, 15) is 0 Å². The average molecular weight is 286 g/mol. The lowest BCUT2D eigenvalue weighted by Crippen LogP contribution is -1.91. The Bertz CT molecular complexity index is 571.